The minimum atomic E-state index is -0.467. The van der Waals surface area contributed by atoms with Crippen LogP contribution in [-0.2, 0) is 0 Å². The summed E-state index contributed by atoms with van der Waals surface area (Å²) in [7, 11) is 0. The quantitative estimate of drug-likeness (QED) is 0.666. The second-order valence-corrected chi connectivity index (χ2v) is 5.39. The SMILES string of the molecule is CCCN1CCC(NC(=O)c2ccc([N+](=O)[O-])cc2)CC1. The zero-order valence-electron chi connectivity index (χ0n) is 12.2. The summed E-state index contributed by atoms with van der Waals surface area (Å²) >= 11 is 0. The first-order valence-corrected chi connectivity index (χ1v) is 7.38. The van der Waals surface area contributed by atoms with E-state index in [0.29, 0.717) is 5.56 Å². The van der Waals surface area contributed by atoms with Crippen LogP contribution in [0.3, 0.4) is 0 Å². The van der Waals surface area contributed by atoms with Crippen molar-refractivity contribution in [1.29, 1.82) is 0 Å². The second-order valence-electron chi connectivity index (χ2n) is 5.39. The molecule has 2 rings (SSSR count). The minimum Gasteiger partial charge on any atom is -0.349 e. The Bertz CT molecular complexity index is 493. The normalized spacial score (nSPS) is 16.6. The average Bonchev–Trinajstić information content (AvgIpc) is 2.49. The Morgan fingerprint density at radius 2 is 1.95 bits per heavy atom. The molecule has 0 unspecified atom stereocenters. The molecule has 0 aliphatic carbocycles. The number of hydrogen-bond donors (Lipinski definition) is 1. The van der Waals surface area contributed by atoms with Crippen LogP contribution in [-0.4, -0.2) is 41.4 Å². The van der Waals surface area contributed by atoms with Crippen LogP contribution in [0.2, 0.25) is 0 Å². The van der Waals surface area contributed by atoms with Crippen LogP contribution < -0.4 is 5.32 Å². The highest BCUT2D eigenvalue weighted by molar-refractivity contribution is 5.94. The highest BCUT2D eigenvalue weighted by Crippen LogP contribution is 2.14. The van der Waals surface area contributed by atoms with Gasteiger partial charge < -0.3 is 10.2 Å². The molecule has 0 bridgehead atoms. The number of carbonyl (C=O) groups is 1. The van der Waals surface area contributed by atoms with Crippen LogP contribution in [0.25, 0.3) is 0 Å². The van der Waals surface area contributed by atoms with E-state index >= 15 is 0 Å². The number of piperidine rings is 1. The van der Waals surface area contributed by atoms with Gasteiger partial charge in [-0.15, -0.1) is 0 Å². The molecule has 0 aromatic heterocycles. The van der Waals surface area contributed by atoms with Gasteiger partial charge in [-0.3, -0.25) is 14.9 Å². The predicted octanol–water partition coefficient (Wildman–Crippen LogP) is 2.20. The fourth-order valence-corrected chi connectivity index (χ4v) is 2.62. The standard InChI is InChI=1S/C15H21N3O3/c1-2-9-17-10-7-13(8-11-17)16-15(19)12-3-5-14(6-4-12)18(20)21/h3-6,13H,2,7-11H2,1H3,(H,16,19). The van der Waals surface area contributed by atoms with Crippen LogP contribution in [0, 0.1) is 10.1 Å². The lowest BCUT2D eigenvalue weighted by Gasteiger charge is -2.32. The smallest absolute Gasteiger partial charge is 0.269 e. The predicted molar refractivity (Wildman–Crippen MR) is 80.3 cm³/mol. The molecule has 0 saturated carbocycles. The molecule has 1 aromatic rings. The molecule has 1 aliphatic rings. The topological polar surface area (TPSA) is 75.5 Å². The summed E-state index contributed by atoms with van der Waals surface area (Å²) in [5.41, 5.74) is 0.469. The fraction of sp³-hybridized carbons (Fsp3) is 0.533. The van der Waals surface area contributed by atoms with Crippen molar-refractivity contribution in [2.75, 3.05) is 19.6 Å². The first-order valence-electron chi connectivity index (χ1n) is 7.38. The lowest BCUT2D eigenvalue weighted by Crippen LogP contribution is -2.44. The van der Waals surface area contributed by atoms with E-state index in [1.807, 2.05) is 0 Å². The Morgan fingerprint density at radius 3 is 2.48 bits per heavy atom. The number of nitro benzene ring substituents is 1. The van der Waals surface area contributed by atoms with Crippen molar-refractivity contribution in [2.45, 2.75) is 32.2 Å². The largest absolute Gasteiger partial charge is 0.349 e. The molecular formula is C15H21N3O3. The van der Waals surface area contributed by atoms with Crippen molar-refractivity contribution in [1.82, 2.24) is 10.2 Å². The number of amides is 1. The van der Waals surface area contributed by atoms with E-state index in [-0.39, 0.29) is 17.6 Å². The summed E-state index contributed by atoms with van der Waals surface area (Å²) in [6, 6.07) is 5.91. The van der Waals surface area contributed by atoms with Gasteiger partial charge >= 0.3 is 0 Å². The van der Waals surface area contributed by atoms with E-state index in [1.165, 1.54) is 24.3 Å². The minimum absolute atomic E-state index is 0.000534. The van der Waals surface area contributed by atoms with Gasteiger partial charge in [-0.2, -0.15) is 0 Å². The van der Waals surface area contributed by atoms with E-state index in [9.17, 15) is 14.9 Å². The molecule has 114 valence electrons. The number of carbonyl (C=O) groups excluding carboxylic acids is 1. The number of hydrogen-bond acceptors (Lipinski definition) is 4. The van der Waals surface area contributed by atoms with Gasteiger partial charge in [0.2, 0.25) is 0 Å². The first-order chi connectivity index (χ1) is 10.1. The lowest BCUT2D eigenvalue weighted by atomic mass is 10.0. The summed E-state index contributed by atoms with van der Waals surface area (Å²) in [4.78, 5) is 24.6. The van der Waals surface area contributed by atoms with Gasteiger partial charge in [-0.1, -0.05) is 6.92 Å². The number of nitrogens with zero attached hydrogens (tertiary/aromatic N) is 2. The van der Waals surface area contributed by atoms with Gasteiger partial charge in [0.15, 0.2) is 0 Å². The Morgan fingerprint density at radius 1 is 1.33 bits per heavy atom. The number of rotatable bonds is 5. The number of nitro groups is 1. The monoisotopic (exact) mass is 291 g/mol. The van der Waals surface area contributed by atoms with Crippen LogP contribution in [0.1, 0.15) is 36.5 Å². The summed E-state index contributed by atoms with van der Waals surface area (Å²) in [5, 5.41) is 13.6. The first kappa shape index (κ1) is 15.4. The number of likely N-dealkylation sites (tertiary alicyclic amines) is 1. The van der Waals surface area contributed by atoms with Crippen molar-refractivity contribution in [3.63, 3.8) is 0 Å². The Kier molecular flexibility index (Phi) is 5.27. The van der Waals surface area contributed by atoms with Crippen LogP contribution in [0.15, 0.2) is 24.3 Å². The van der Waals surface area contributed by atoms with E-state index < -0.39 is 4.92 Å². The molecule has 1 amide bonds. The van der Waals surface area contributed by atoms with Crippen molar-refractivity contribution in [3.8, 4) is 0 Å². The van der Waals surface area contributed by atoms with Gasteiger partial charge in [0.1, 0.15) is 0 Å². The second kappa shape index (κ2) is 7.17. The zero-order chi connectivity index (χ0) is 15.2. The van der Waals surface area contributed by atoms with Crippen LogP contribution >= 0.6 is 0 Å². The molecule has 21 heavy (non-hydrogen) atoms. The van der Waals surface area contributed by atoms with Crippen LogP contribution in [0.5, 0.6) is 0 Å². The zero-order valence-corrected chi connectivity index (χ0v) is 12.2. The fourth-order valence-electron chi connectivity index (χ4n) is 2.62. The van der Waals surface area contributed by atoms with E-state index in [0.717, 1.165) is 38.9 Å². The highest BCUT2D eigenvalue weighted by atomic mass is 16.6. The summed E-state index contributed by atoms with van der Waals surface area (Å²) < 4.78 is 0. The number of nitrogens with one attached hydrogen (secondary N) is 1. The Labute approximate surface area is 124 Å². The molecule has 0 atom stereocenters. The van der Waals surface area contributed by atoms with E-state index in [2.05, 4.69) is 17.1 Å². The third-order valence-corrected chi connectivity index (χ3v) is 3.80. The van der Waals surface area contributed by atoms with Gasteiger partial charge in [0.05, 0.1) is 4.92 Å². The third kappa shape index (κ3) is 4.26. The Balaban J connectivity index is 1.86. The Hall–Kier alpha value is -1.95. The molecular weight excluding hydrogens is 270 g/mol. The van der Waals surface area contributed by atoms with Gasteiger partial charge in [-0.05, 0) is 37.9 Å². The maximum absolute atomic E-state index is 12.1. The molecule has 1 saturated heterocycles. The number of benzene rings is 1. The van der Waals surface area contributed by atoms with Gasteiger partial charge in [0, 0.05) is 36.8 Å². The maximum Gasteiger partial charge on any atom is 0.269 e. The summed E-state index contributed by atoms with van der Waals surface area (Å²) in [6.45, 7) is 5.31. The third-order valence-electron chi connectivity index (χ3n) is 3.80. The van der Waals surface area contributed by atoms with Crippen molar-refractivity contribution in [2.24, 2.45) is 0 Å². The molecule has 6 nitrogen and oxygen atoms in total. The van der Waals surface area contributed by atoms with Crippen molar-refractivity contribution >= 4 is 11.6 Å². The van der Waals surface area contributed by atoms with Crippen molar-refractivity contribution < 1.29 is 9.72 Å². The summed E-state index contributed by atoms with van der Waals surface area (Å²) in [6.07, 6.45) is 3.07. The van der Waals surface area contributed by atoms with Crippen LogP contribution in [0.4, 0.5) is 5.69 Å². The molecule has 0 spiro atoms. The maximum atomic E-state index is 12.1. The summed E-state index contributed by atoms with van der Waals surface area (Å²) in [5.74, 6) is -0.154. The van der Waals surface area contributed by atoms with E-state index in [4.69, 9.17) is 0 Å². The van der Waals surface area contributed by atoms with E-state index in [1.54, 1.807) is 0 Å². The molecule has 1 aromatic carbocycles. The highest BCUT2D eigenvalue weighted by Gasteiger charge is 2.20. The molecule has 1 aliphatic heterocycles. The van der Waals surface area contributed by atoms with Crippen molar-refractivity contribution in [3.05, 3.63) is 39.9 Å². The molecule has 6 heteroatoms. The van der Waals surface area contributed by atoms with Gasteiger partial charge in [-0.25, -0.2) is 0 Å². The number of non-ortho nitro benzene ring substituents is 1. The molecule has 1 N–H and O–H groups in total. The van der Waals surface area contributed by atoms with Gasteiger partial charge in [0.25, 0.3) is 11.6 Å². The molecule has 0 radical (unpaired) electrons. The molecule has 1 fully saturated rings. The molecule has 1 heterocycles. The lowest BCUT2D eigenvalue weighted by molar-refractivity contribution is -0.384. The average molecular weight is 291 g/mol.